The van der Waals surface area contributed by atoms with Crippen molar-refractivity contribution in [1.29, 1.82) is 0 Å². The van der Waals surface area contributed by atoms with Gasteiger partial charge in [-0.15, -0.1) is 11.8 Å². The number of ether oxygens (including phenoxy) is 1. The molecule has 1 aromatic carbocycles. The maximum absolute atomic E-state index is 6.07. The number of halogens is 1. The van der Waals surface area contributed by atoms with E-state index < -0.39 is 0 Å². The molecule has 0 radical (unpaired) electrons. The predicted octanol–water partition coefficient (Wildman–Crippen LogP) is 5.49. The summed E-state index contributed by atoms with van der Waals surface area (Å²) >= 11 is 7.82. The molecule has 0 aliphatic heterocycles. The van der Waals surface area contributed by atoms with Gasteiger partial charge in [0, 0.05) is 11.1 Å². The van der Waals surface area contributed by atoms with Crippen molar-refractivity contribution in [2.75, 3.05) is 5.75 Å². The molecule has 0 aliphatic carbocycles. The van der Waals surface area contributed by atoms with Crippen molar-refractivity contribution in [1.82, 2.24) is 9.97 Å². The normalized spacial score (nSPS) is 10.6. The Bertz CT molecular complexity index is 811. The van der Waals surface area contributed by atoms with E-state index >= 15 is 0 Å². The second-order valence-electron chi connectivity index (χ2n) is 5.04. The summed E-state index contributed by atoms with van der Waals surface area (Å²) in [6.45, 7) is 2.55. The molecule has 5 heteroatoms. The summed E-state index contributed by atoms with van der Waals surface area (Å²) in [5, 5.41) is 0.405. The molecule has 2 aromatic heterocycles. The van der Waals surface area contributed by atoms with Crippen LogP contribution in [0.5, 0.6) is 5.88 Å². The second kappa shape index (κ2) is 8.18. The molecule has 3 aromatic rings. The first-order valence-electron chi connectivity index (χ1n) is 7.69. The molecule has 0 aliphatic rings. The Morgan fingerprint density at radius 3 is 2.67 bits per heavy atom. The summed E-state index contributed by atoms with van der Waals surface area (Å²) in [6, 6.07) is 17.7. The quantitative estimate of drug-likeness (QED) is 0.432. The Morgan fingerprint density at radius 2 is 1.88 bits per heavy atom. The van der Waals surface area contributed by atoms with Gasteiger partial charge in [0.1, 0.15) is 11.8 Å². The second-order valence-corrected chi connectivity index (χ2v) is 6.74. The molecule has 2 heterocycles. The van der Waals surface area contributed by atoms with Crippen LogP contribution in [0.2, 0.25) is 5.15 Å². The zero-order valence-corrected chi connectivity index (χ0v) is 14.8. The van der Waals surface area contributed by atoms with Crippen LogP contribution in [0.1, 0.15) is 12.5 Å². The Labute approximate surface area is 151 Å². The monoisotopic (exact) mass is 356 g/mol. The van der Waals surface area contributed by atoms with Gasteiger partial charge in [-0.2, -0.15) is 0 Å². The Morgan fingerprint density at radius 1 is 1.04 bits per heavy atom. The van der Waals surface area contributed by atoms with Crippen LogP contribution in [-0.4, -0.2) is 15.7 Å². The van der Waals surface area contributed by atoms with E-state index in [4.69, 9.17) is 16.3 Å². The van der Waals surface area contributed by atoms with Crippen LogP contribution >= 0.6 is 23.4 Å². The summed E-state index contributed by atoms with van der Waals surface area (Å²) in [4.78, 5) is 9.99. The lowest BCUT2D eigenvalue weighted by Gasteiger charge is -2.13. The first-order chi connectivity index (χ1) is 11.8. The van der Waals surface area contributed by atoms with Gasteiger partial charge in [0.05, 0.1) is 11.3 Å². The third-order valence-corrected chi connectivity index (χ3v) is 4.51. The number of pyridine rings is 2. The molecule has 0 fully saturated rings. The summed E-state index contributed by atoms with van der Waals surface area (Å²) in [5.41, 5.74) is 2.80. The molecular weight excluding hydrogens is 340 g/mol. The molecule has 0 saturated heterocycles. The highest BCUT2D eigenvalue weighted by atomic mass is 35.5. The van der Waals surface area contributed by atoms with E-state index in [1.54, 1.807) is 24.0 Å². The molecule has 0 N–H and O–H groups in total. The van der Waals surface area contributed by atoms with Gasteiger partial charge < -0.3 is 4.74 Å². The fraction of sp³-hybridized carbons (Fsp3) is 0.158. The number of thioether (sulfide) groups is 1. The van der Waals surface area contributed by atoms with Gasteiger partial charge in [0.25, 0.3) is 0 Å². The van der Waals surface area contributed by atoms with Crippen LogP contribution in [0.25, 0.3) is 11.3 Å². The lowest BCUT2D eigenvalue weighted by molar-refractivity contribution is 0.295. The first kappa shape index (κ1) is 16.8. The van der Waals surface area contributed by atoms with E-state index in [2.05, 4.69) is 23.0 Å². The van der Waals surface area contributed by atoms with Crippen LogP contribution in [0, 0.1) is 0 Å². The first-order valence-corrected chi connectivity index (χ1v) is 9.05. The van der Waals surface area contributed by atoms with Crippen LogP contribution in [0.15, 0.2) is 65.7 Å². The van der Waals surface area contributed by atoms with Gasteiger partial charge in [-0.3, -0.25) is 4.98 Å². The molecule has 122 valence electrons. The zero-order valence-electron chi connectivity index (χ0n) is 13.3. The molecule has 0 unspecified atom stereocenters. The number of benzene rings is 1. The lowest BCUT2D eigenvalue weighted by Crippen LogP contribution is -2.00. The van der Waals surface area contributed by atoms with Gasteiger partial charge >= 0.3 is 0 Å². The minimum absolute atomic E-state index is 0.405. The van der Waals surface area contributed by atoms with Gasteiger partial charge in [-0.05, 0) is 35.6 Å². The highest BCUT2D eigenvalue weighted by molar-refractivity contribution is 7.99. The van der Waals surface area contributed by atoms with Gasteiger partial charge in [0.15, 0.2) is 0 Å². The number of rotatable bonds is 6. The largest absolute Gasteiger partial charge is 0.472 e. The maximum atomic E-state index is 6.07. The van der Waals surface area contributed by atoms with E-state index in [-0.39, 0.29) is 0 Å². The summed E-state index contributed by atoms with van der Waals surface area (Å²) in [5.74, 6) is 1.47. The van der Waals surface area contributed by atoms with Crippen molar-refractivity contribution >= 4 is 23.4 Å². The van der Waals surface area contributed by atoms with E-state index in [1.807, 2.05) is 42.5 Å². The van der Waals surface area contributed by atoms with E-state index in [0.717, 1.165) is 27.5 Å². The topological polar surface area (TPSA) is 35.0 Å². The molecule has 0 atom stereocenters. The average Bonchev–Trinajstić information content (AvgIpc) is 2.62. The molecule has 0 spiro atoms. The van der Waals surface area contributed by atoms with E-state index in [0.29, 0.717) is 17.6 Å². The maximum Gasteiger partial charge on any atom is 0.224 e. The number of hydrogen-bond acceptors (Lipinski definition) is 4. The molecule has 3 rings (SSSR count). The molecule has 0 saturated carbocycles. The number of hydrogen-bond donors (Lipinski definition) is 0. The summed E-state index contributed by atoms with van der Waals surface area (Å²) in [6.07, 6.45) is 1.78. The van der Waals surface area contributed by atoms with E-state index in [9.17, 15) is 0 Å². The third-order valence-electron chi connectivity index (χ3n) is 3.37. The zero-order chi connectivity index (χ0) is 16.8. The van der Waals surface area contributed by atoms with Crippen molar-refractivity contribution < 1.29 is 4.74 Å². The standard InChI is InChI=1S/C19H17ClN2OS/c1-2-24-16-9-6-12-21-18(16)15-10-11-17(20)22-19(15)23-13-14-7-4-3-5-8-14/h3-12H,2,13H2,1H3. The molecule has 3 nitrogen and oxygen atoms in total. The van der Waals surface area contributed by atoms with Gasteiger partial charge in [-0.1, -0.05) is 48.9 Å². The average molecular weight is 357 g/mol. The third kappa shape index (κ3) is 4.08. The van der Waals surface area contributed by atoms with Gasteiger partial charge in [-0.25, -0.2) is 4.98 Å². The Kier molecular flexibility index (Phi) is 5.72. The van der Waals surface area contributed by atoms with Crippen molar-refractivity contribution in [3.05, 3.63) is 71.5 Å². The lowest BCUT2D eigenvalue weighted by atomic mass is 10.2. The molecule has 0 amide bonds. The predicted molar refractivity (Wildman–Crippen MR) is 99.7 cm³/mol. The van der Waals surface area contributed by atoms with E-state index in [1.165, 1.54) is 0 Å². The highest BCUT2D eigenvalue weighted by Gasteiger charge is 2.14. The fourth-order valence-corrected chi connectivity index (χ4v) is 3.22. The fourth-order valence-electron chi connectivity index (χ4n) is 2.30. The highest BCUT2D eigenvalue weighted by Crippen LogP contribution is 2.35. The molecule has 0 bridgehead atoms. The number of aromatic nitrogens is 2. The van der Waals surface area contributed by atoms with Crippen LogP contribution < -0.4 is 4.74 Å². The molecular formula is C19H17ClN2OS. The van der Waals surface area contributed by atoms with Crippen LogP contribution in [0.4, 0.5) is 0 Å². The minimum Gasteiger partial charge on any atom is -0.472 e. The van der Waals surface area contributed by atoms with Crippen molar-refractivity contribution in [2.24, 2.45) is 0 Å². The summed E-state index contributed by atoms with van der Waals surface area (Å²) in [7, 11) is 0. The minimum atomic E-state index is 0.405. The smallest absolute Gasteiger partial charge is 0.224 e. The molecule has 24 heavy (non-hydrogen) atoms. The Hall–Kier alpha value is -2.04. The van der Waals surface area contributed by atoms with Crippen LogP contribution in [0.3, 0.4) is 0 Å². The summed E-state index contributed by atoms with van der Waals surface area (Å²) < 4.78 is 5.95. The van der Waals surface area contributed by atoms with Crippen LogP contribution in [-0.2, 0) is 6.61 Å². The van der Waals surface area contributed by atoms with Crippen molar-refractivity contribution in [2.45, 2.75) is 18.4 Å². The number of nitrogens with zero attached hydrogens (tertiary/aromatic N) is 2. The Balaban J connectivity index is 1.94. The van der Waals surface area contributed by atoms with Crippen molar-refractivity contribution in [3.8, 4) is 17.1 Å². The van der Waals surface area contributed by atoms with Crippen molar-refractivity contribution in [3.63, 3.8) is 0 Å². The SMILES string of the molecule is CCSc1cccnc1-c1ccc(Cl)nc1OCc1ccccc1. The van der Waals surface area contributed by atoms with Gasteiger partial charge in [0.2, 0.25) is 5.88 Å².